The highest BCUT2D eigenvalue weighted by Gasteiger charge is 2.28. The summed E-state index contributed by atoms with van der Waals surface area (Å²) in [6.45, 7) is 0.972. The number of carboxylic acid groups (broad SMARTS) is 1. The molecule has 36 heavy (non-hydrogen) atoms. The van der Waals surface area contributed by atoms with Gasteiger partial charge in [0.25, 0.3) is 0 Å². The zero-order valence-electron chi connectivity index (χ0n) is 20.1. The number of carbonyl (C=O) groups is 3. The van der Waals surface area contributed by atoms with E-state index in [1.807, 2.05) is 12.1 Å². The lowest BCUT2D eigenvalue weighted by molar-refractivity contribution is -0.138. The van der Waals surface area contributed by atoms with Crippen LogP contribution < -0.4 is 15.4 Å². The van der Waals surface area contributed by atoms with Gasteiger partial charge in [0.2, 0.25) is 0 Å². The lowest BCUT2D eigenvalue weighted by Gasteiger charge is -2.32. The molecule has 0 aromatic heterocycles. The van der Waals surface area contributed by atoms with Crippen LogP contribution in [0.1, 0.15) is 43.2 Å². The summed E-state index contributed by atoms with van der Waals surface area (Å²) in [7, 11) is 1.52. The second kappa shape index (κ2) is 11.5. The van der Waals surface area contributed by atoms with Crippen molar-refractivity contribution in [3.05, 3.63) is 52.5 Å². The first-order valence-electron chi connectivity index (χ1n) is 12.0. The Bertz CT molecular complexity index is 1130. The van der Waals surface area contributed by atoms with E-state index in [1.54, 1.807) is 29.2 Å². The standard InChI is InChI=1S/C26H30ClN3O6/c1-35-23-9-6-20(14-22(23)27)29-25(33)28-19-5-4-18-15-30(11-10-17(18)13-19)26(34)36-21-7-2-16(3-8-21)12-24(31)32/h4-6,9,13-14,16,21H,2-3,7-8,10-12,15H2,1H3,(H,31,32)(H2,28,29,33)/t16-,21-. The third-order valence-corrected chi connectivity index (χ3v) is 6.96. The summed E-state index contributed by atoms with van der Waals surface area (Å²) in [5.41, 5.74) is 3.27. The van der Waals surface area contributed by atoms with E-state index in [-0.39, 0.29) is 24.5 Å². The number of amides is 3. The Kier molecular flexibility index (Phi) is 8.20. The number of fused-ring (bicyclic) bond motifs is 1. The Morgan fingerprint density at radius 3 is 2.39 bits per heavy atom. The Hall–Kier alpha value is -3.46. The van der Waals surface area contributed by atoms with E-state index in [4.69, 9.17) is 26.2 Å². The number of ether oxygens (including phenoxy) is 2. The van der Waals surface area contributed by atoms with E-state index in [1.165, 1.54) is 7.11 Å². The predicted octanol–water partition coefficient (Wildman–Crippen LogP) is 5.52. The van der Waals surface area contributed by atoms with Crippen LogP contribution in [-0.2, 0) is 22.5 Å². The first-order chi connectivity index (χ1) is 17.3. The van der Waals surface area contributed by atoms with Crippen LogP contribution >= 0.6 is 11.6 Å². The minimum atomic E-state index is -0.774. The van der Waals surface area contributed by atoms with Crippen LogP contribution in [0.4, 0.5) is 21.0 Å². The van der Waals surface area contributed by atoms with Crippen LogP contribution in [0, 0.1) is 5.92 Å². The molecule has 0 unspecified atom stereocenters. The van der Waals surface area contributed by atoms with Crippen molar-refractivity contribution in [3.63, 3.8) is 0 Å². The molecule has 3 amide bonds. The Morgan fingerprint density at radius 2 is 1.72 bits per heavy atom. The minimum Gasteiger partial charge on any atom is -0.495 e. The van der Waals surface area contributed by atoms with Gasteiger partial charge in [0.15, 0.2) is 0 Å². The van der Waals surface area contributed by atoms with Crippen molar-refractivity contribution in [2.24, 2.45) is 5.92 Å². The Balaban J connectivity index is 1.27. The van der Waals surface area contributed by atoms with E-state index >= 15 is 0 Å². The third kappa shape index (κ3) is 6.60. The lowest BCUT2D eigenvalue weighted by atomic mass is 9.85. The molecule has 0 radical (unpaired) electrons. The summed E-state index contributed by atoms with van der Waals surface area (Å²) >= 11 is 6.11. The molecule has 10 heteroatoms. The van der Waals surface area contributed by atoms with E-state index in [9.17, 15) is 14.4 Å². The SMILES string of the molecule is COc1ccc(NC(=O)Nc2ccc3c(c2)CCN(C(=O)O[C@H]2CC[C@H](CC(=O)O)CC2)C3)cc1Cl. The molecule has 1 aliphatic heterocycles. The van der Waals surface area contributed by atoms with E-state index in [0.717, 1.165) is 24.0 Å². The van der Waals surface area contributed by atoms with Gasteiger partial charge in [-0.2, -0.15) is 0 Å². The van der Waals surface area contributed by atoms with Crippen molar-refractivity contribution >= 4 is 41.1 Å². The van der Waals surface area contributed by atoms with Crippen molar-refractivity contribution in [3.8, 4) is 5.75 Å². The maximum atomic E-state index is 12.7. The highest BCUT2D eigenvalue weighted by Crippen LogP contribution is 2.30. The van der Waals surface area contributed by atoms with E-state index in [0.29, 0.717) is 54.5 Å². The number of urea groups is 1. The number of rotatable bonds is 6. The Morgan fingerprint density at radius 1 is 1.03 bits per heavy atom. The fraction of sp³-hybridized carbons (Fsp3) is 0.423. The van der Waals surface area contributed by atoms with Crippen LogP contribution in [-0.4, -0.2) is 47.9 Å². The molecule has 1 heterocycles. The largest absolute Gasteiger partial charge is 0.495 e. The monoisotopic (exact) mass is 515 g/mol. The predicted molar refractivity (Wildman–Crippen MR) is 136 cm³/mol. The van der Waals surface area contributed by atoms with Crippen LogP contribution in [0.25, 0.3) is 0 Å². The normalized spacial score (nSPS) is 19.1. The number of nitrogens with one attached hydrogen (secondary N) is 2. The summed E-state index contributed by atoms with van der Waals surface area (Å²) in [4.78, 5) is 37.7. The molecular weight excluding hydrogens is 486 g/mol. The van der Waals surface area contributed by atoms with Crippen LogP contribution in [0.5, 0.6) is 5.75 Å². The van der Waals surface area contributed by atoms with Gasteiger partial charge in [-0.25, -0.2) is 9.59 Å². The number of hydrogen-bond acceptors (Lipinski definition) is 5. The highest BCUT2D eigenvalue weighted by atomic mass is 35.5. The van der Waals surface area contributed by atoms with Gasteiger partial charge in [-0.3, -0.25) is 4.79 Å². The lowest BCUT2D eigenvalue weighted by Crippen LogP contribution is -2.39. The molecule has 3 N–H and O–H groups in total. The number of methoxy groups -OCH3 is 1. The third-order valence-electron chi connectivity index (χ3n) is 6.67. The first kappa shape index (κ1) is 25.6. The van der Waals surface area contributed by atoms with Gasteiger partial charge in [0, 0.05) is 30.9 Å². The summed E-state index contributed by atoms with van der Waals surface area (Å²) in [5.74, 6) is -0.0832. The number of benzene rings is 2. The second-order valence-corrected chi connectivity index (χ2v) is 9.62. The molecule has 0 bridgehead atoms. The van der Waals surface area contributed by atoms with Crippen LogP contribution in [0.2, 0.25) is 5.02 Å². The fourth-order valence-corrected chi connectivity index (χ4v) is 5.00. The van der Waals surface area contributed by atoms with Crippen molar-refractivity contribution in [2.75, 3.05) is 24.3 Å². The summed E-state index contributed by atoms with van der Waals surface area (Å²) in [6.07, 6.45) is 3.28. The average molecular weight is 516 g/mol. The molecule has 4 rings (SSSR count). The fourth-order valence-electron chi connectivity index (χ4n) is 4.74. The van der Waals surface area contributed by atoms with Crippen LogP contribution in [0.15, 0.2) is 36.4 Å². The molecule has 0 atom stereocenters. The van der Waals surface area contributed by atoms with Crippen molar-refractivity contribution in [1.29, 1.82) is 0 Å². The topological polar surface area (TPSA) is 117 Å². The number of halogens is 1. The molecule has 1 fully saturated rings. The van der Waals surface area contributed by atoms with Gasteiger partial charge in [0.05, 0.1) is 12.1 Å². The summed E-state index contributed by atoms with van der Waals surface area (Å²) < 4.78 is 10.8. The number of carboxylic acids is 1. The van der Waals surface area contributed by atoms with Gasteiger partial charge >= 0.3 is 18.1 Å². The van der Waals surface area contributed by atoms with Gasteiger partial charge in [-0.05, 0) is 79.5 Å². The minimum absolute atomic E-state index is 0.158. The molecule has 1 aliphatic carbocycles. The highest BCUT2D eigenvalue weighted by molar-refractivity contribution is 6.32. The number of carbonyl (C=O) groups excluding carboxylic acids is 2. The van der Waals surface area contributed by atoms with Gasteiger partial charge < -0.3 is 30.1 Å². The molecule has 2 aliphatic rings. The zero-order valence-corrected chi connectivity index (χ0v) is 20.8. The number of aliphatic carboxylic acids is 1. The van der Waals surface area contributed by atoms with E-state index < -0.39 is 12.0 Å². The van der Waals surface area contributed by atoms with Gasteiger partial charge in [-0.15, -0.1) is 0 Å². The summed E-state index contributed by atoms with van der Waals surface area (Å²) in [5, 5.41) is 14.9. The molecule has 2 aromatic rings. The molecule has 0 spiro atoms. The first-order valence-corrected chi connectivity index (χ1v) is 12.4. The number of anilines is 2. The van der Waals surface area contributed by atoms with E-state index in [2.05, 4.69) is 10.6 Å². The molecule has 192 valence electrons. The molecule has 9 nitrogen and oxygen atoms in total. The second-order valence-electron chi connectivity index (χ2n) is 9.21. The zero-order chi connectivity index (χ0) is 25.7. The van der Waals surface area contributed by atoms with Crippen molar-refractivity contribution < 1.29 is 29.0 Å². The van der Waals surface area contributed by atoms with Gasteiger partial charge in [-0.1, -0.05) is 17.7 Å². The number of nitrogens with zero attached hydrogens (tertiary/aromatic N) is 1. The van der Waals surface area contributed by atoms with Crippen molar-refractivity contribution in [1.82, 2.24) is 4.90 Å². The Labute approximate surface area is 214 Å². The molecule has 0 saturated heterocycles. The quantitative estimate of drug-likeness (QED) is 0.466. The van der Waals surface area contributed by atoms with Gasteiger partial charge in [0.1, 0.15) is 11.9 Å². The summed E-state index contributed by atoms with van der Waals surface area (Å²) in [6, 6.07) is 10.2. The molecule has 2 aromatic carbocycles. The smallest absolute Gasteiger partial charge is 0.410 e. The van der Waals surface area contributed by atoms with Crippen molar-refractivity contribution in [2.45, 2.75) is 51.2 Å². The maximum Gasteiger partial charge on any atom is 0.410 e. The molecular formula is C26H30ClN3O6. The average Bonchev–Trinajstić information content (AvgIpc) is 2.84. The molecule has 1 saturated carbocycles. The maximum absolute atomic E-state index is 12.7. The number of hydrogen-bond donors (Lipinski definition) is 3. The van der Waals surface area contributed by atoms with Crippen LogP contribution in [0.3, 0.4) is 0 Å².